The summed E-state index contributed by atoms with van der Waals surface area (Å²) >= 11 is 3.27. The number of halogens is 1. The molecule has 3 nitrogen and oxygen atoms in total. The predicted octanol–water partition coefficient (Wildman–Crippen LogP) is 2.68. The molecule has 0 saturated carbocycles. The van der Waals surface area contributed by atoms with Crippen LogP contribution in [0.2, 0.25) is 0 Å². The lowest BCUT2D eigenvalue weighted by atomic mass is 10.1. The maximum Gasteiger partial charge on any atom is 0.339 e. The van der Waals surface area contributed by atoms with Crippen LogP contribution >= 0.6 is 15.9 Å². The van der Waals surface area contributed by atoms with Crippen molar-refractivity contribution >= 4 is 27.6 Å². The van der Waals surface area contributed by atoms with E-state index in [9.17, 15) is 4.79 Å². The van der Waals surface area contributed by atoms with E-state index >= 15 is 0 Å². The highest BCUT2D eigenvalue weighted by Crippen LogP contribution is 2.27. The van der Waals surface area contributed by atoms with E-state index in [1.165, 1.54) is 6.08 Å². The van der Waals surface area contributed by atoms with Gasteiger partial charge in [-0.2, -0.15) is 0 Å². The first kappa shape index (κ1) is 11.8. The lowest BCUT2D eigenvalue weighted by molar-refractivity contribution is 0.0549. The maximum absolute atomic E-state index is 11.5. The molecule has 80 valence electrons. The Morgan fingerprint density at radius 1 is 1.67 bits per heavy atom. The number of carbonyl (C=O) groups is 1. The molecule has 1 aromatic carbocycles. The zero-order valence-electron chi connectivity index (χ0n) is 8.42. The van der Waals surface area contributed by atoms with Crippen LogP contribution < -0.4 is 5.73 Å². The van der Waals surface area contributed by atoms with Gasteiger partial charge in [0.25, 0.3) is 0 Å². The second-order valence-electron chi connectivity index (χ2n) is 3.04. The molecule has 0 heterocycles. The number of rotatable bonds is 3. The number of nitrogens with two attached hydrogens (primary N) is 1. The molecule has 0 aromatic heterocycles. The average molecular weight is 270 g/mol. The zero-order chi connectivity index (χ0) is 11.4. The number of anilines is 1. The van der Waals surface area contributed by atoms with Crippen LogP contribution in [0, 0.1) is 6.92 Å². The molecule has 15 heavy (non-hydrogen) atoms. The first-order valence-electron chi connectivity index (χ1n) is 4.40. The third-order valence-electron chi connectivity index (χ3n) is 1.95. The minimum absolute atomic E-state index is 0.194. The van der Waals surface area contributed by atoms with Crippen molar-refractivity contribution in [1.82, 2.24) is 0 Å². The van der Waals surface area contributed by atoms with E-state index in [4.69, 9.17) is 10.5 Å². The van der Waals surface area contributed by atoms with Crippen molar-refractivity contribution in [3.05, 3.63) is 40.4 Å². The number of hydrogen-bond donors (Lipinski definition) is 1. The number of hydrogen-bond acceptors (Lipinski definition) is 3. The van der Waals surface area contributed by atoms with Gasteiger partial charge in [-0.1, -0.05) is 18.7 Å². The van der Waals surface area contributed by atoms with Crippen molar-refractivity contribution in [2.75, 3.05) is 12.3 Å². The quantitative estimate of drug-likeness (QED) is 0.522. The van der Waals surface area contributed by atoms with Crippen molar-refractivity contribution < 1.29 is 9.53 Å². The molecule has 0 radical (unpaired) electrons. The molecule has 0 spiro atoms. The maximum atomic E-state index is 11.5. The fourth-order valence-electron chi connectivity index (χ4n) is 1.06. The number of carbonyl (C=O) groups excluding carboxylic acids is 1. The third-order valence-corrected chi connectivity index (χ3v) is 2.80. The molecule has 0 bridgehead atoms. The van der Waals surface area contributed by atoms with Gasteiger partial charge >= 0.3 is 5.97 Å². The Morgan fingerprint density at radius 2 is 2.33 bits per heavy atom. The summed E-state index contributed by atoms with van der Waals surface area (Å²) in [6.07, 6.45) is 1.52. The Labute approximate surface area is 97.0 Å². The van der Waals surface area contributed by atoms with E-state index in [1.54, 1.807) is 12.1 Å². The first-order valence-corrected chi connectivity index (χ1v) is 5.19. The van der Waals surface area contributed by atoms with Gasteiger partial charge in [0.05, 0.1) is 10.0 Å². The van der Waals surface area contributed by atoms with Crippen LogP contribution in [-0.2, 0) is 4.74 Å². The van der Waals surface area contributed by atoms with Crippen LogP contribution in [0.1, 0.15) is 15.9 Å². The van der Waals surface area contributed by atoms with Crippen molar-refractivity contribution in [1.29, 1.82) is 0 Å². The summed E-state index contributed by atoms with van der Waals surface area (Å²) in [5.41, 5.74) is 7.68. The summed E-state index contributed by atoms with van der Waals surface area (Å²) in [5.74, 6) is -0.409. The fourth-order valence-corrected chi connectivity index (χ4v) is 1.67. The molecule has 1 aromatic rings. The summed E-state index contributed by atoms with van der Waals surface area (Å²) in [5, 5.41) is 0. The minimum Gasteiger partial charge on any atom is -0.458 e. The number of esters is 1. The molecule has 0 aliphatic carbocycles. The van der Waals surface area contributed by atoms with E-state index in [0.717, 1.165) is 5.56 Å². The van der Waals surface area contributed by atoms with E-state index < -0.39 is 5.97 Å². The highest BCUT2D eigenvalue weighted by Gasteiger charge is 2.13. The number of aryl methyl sites for hydroxylation is 1. The van der Waals surface area contributed by atoms with Crippen molar-refractivity contribution in [2.45, 2.75) is 6.92 Å². The van der Waals surface area contributed by atoms with E-state index in [2.05, 4.69) is 22.5 Å². The highest BCUT2D eigenvalue weighted by atomic mass is 79.9. The number of benzene rings is 1. The number of nitrogen functional groups attached to an aromatic ring is 1. The van der Waals surface area contributed by atoms with Gasteiger partial charge in [0, 0.05) is 5.69 Å². The standard InChI is InChI=1S/C11H12BrNO2/c1-3-6-15-11(14)8-5-4-7(2)10(13)9(8)12/h3-5H,1,6,13H2,2H3. The molecule has 2 N–H and O–H groups in total. The summed E-state index contributed by atoms with van der Waals surface area (Å²) in [4.78, 5) is 11.5. The Balaban J connectivity index is 3.00. The van der Waals surface area contributed by atoms with Crippen LogP contribution in [0.3, 0.4) is 0 Å². The Bertz CT molecular complexity index is 402. The average Bonchev–Trinajstić information content (AvgIpc) is 2.23. The fraction of sp³-hybridized carbons (Fsp3) is 0.182. The van der Waals surface area contributed by atoms with Gasteiger partial charge in [0.2, 0.25) is 0 Å². The molecular formula is C11H12BrNO2. The zero-order valence-corrected chi connectivity index (χ0v) is 10.0. The summed E-state index contributed by atoms with van der Waals surface area (Å²) in [7, 11) is 0. The van der Waals surface area contributed by atoms with Crippen LogP contribution in [-0.4, -0.2) is 12.6 Å². The second-order valence-corrected chi connectivity index (χ2v) is 3.84. The molecule has 0 atom stereocenters. The van der Waals surface area contributed by atoms with Gasteiger partial charge in [0.15, 0.2) is 0 Å². The van der Waals surface area contributed by atoms with Gasteiger partial charge < -0.3 is 10.5 Å². The van der Waals surface area contributed by atoms with Gasteiger partial charge in [-0.3, -0.25) is 0 Å². The van der Waals surface area contributed by atoms with Crippen molar-refractivity contribution in [2.24, 2.45) is 0 Å². The van der Waals surface area contributed by atoms with Crippen LogP contribution in [0.15, 0.2) is 29.3 Å². The van der Waals surface area contributed by atoms with Crippen LogP contribution in [0.4, 0.5) is 5.69 Å². The van der Waals surface area contributed by atoms with Gasteiger partial charge in [-0.25, -0.2) is 4.79 Å². The largest absolute Gasteiger partial charge is 0.458 e. The second kappa shape index (κ2) is 4.98. The monoisotopic (exact) mass is 269 g/mol. The summed E-state index contributed by atoms with van der Waals surface area (Å²) < 4.78 is 5.49. The van der Waals surface area contributed by atoms with E-state index in [-0.39, 0.29) is 6.61 Å². The molecule has 0 aliphatic rings. The van der Waals surface area contributed by atoms with E-state index in [1.807, 2.05) is 6.92 Å². The third kappa shape index (κ3) is 2.59. The number of ether oxygens (including phenoxy) is 1. The normalized spacial score (nSPS) is 9.73. The molecule has 0 unspecified atom stereocenters. The smallest absolute Gasteiger partial charge is 0.339 e. The lowest BCUT2D eigenvalue weighted by Gasteiger charge is -2.08. The van der Waals surface area contributed by atoms with Crippen molar-refractivity contribution in [3.8, 4) is 0 Å². The molecular weight excluding hydrogens is 258 g/mol. The molecule has 0 aliphatic heterocycles. The molecule has 0 fully saturated rings. The lowest BCUT2D eigenvalue weighted by Crippen LogP contribution is -2.07. The van der Waals surface area contributed by atoms with Gasteiger partial charge in [-0.15, -0.1) is 0 Å². The molecule has 0 amide bonds. The molecule has 4 heteroatoms. The first-order chi connectivity index (χ1) is 7.07. The summed E-state index contributed by atoms with van der Waals surface area (Å²) in [6.45, 7) is 5.53. The Morgan fingerprint density at radius 3 is 2.93 bits per heavy atom. The van der Waals surface area contributed by atoms with Crippen LogP contribution in [0.5, 0.6) is 0 Å². The summed E-state index contributed by atoms with van der Waals surface area (Å²) in [6, 6.07) is 3.46. The highest BCUT2D eigenvalue weighted by molar-refractivity contribution is 9.10. The Kier molecular flexibility index (Phi) is 3.91. The van der Waals surface area contributed by atoms with Crippen LogP contribution in [0.25, 0.3) is 0 Å². The Hall–Kier alpha value is -1.29. The molecule has 0 saturated heterocycles. The van der Waals surface area contributed by atoms with E-state index in [0.29, 0.717) is 15.7 Å². The van der Waals surface area contributed by atoms with Crippen molar-refractivity contribution in [3.63, 3.8) is 0 Å². The minimum atomic E-state index is -0.409. The SMILES string of the molecule is C=CCOC(=O)c1ccc(C)c(N)c1Br. The van der Waals surface area contributed by atoms with Gasteiger partial charge in [-0.05, 0) is 34.5 Å². The topological polar surface area (TPSA) is 52.3 Å². The molecule has 1 rings (SSSR count). The predicted molar refractivity (Wildman–Crippen MR) is 63.8 cm³/mol. The van der Waals surface area contributed by atoms with Gasteiger partial charge in [0.1, 0.15) is 6.61 Å².